The fourth-order valence-corrected chi connectivity index (χ4v) is 5.12. The lowest BCUT2D eigenvalue weighted by Gasteiger charge is -2.32. The second kappa shape index (κ2) is 9.30. The molecule has 4 heteroatoms. The number of amides is 1. The molecule has 2 aliphatic rings. The summed E-state index contributed by atoms with van der Waals surface area (Å²) in [5.41, 5.74) is 5.50. The summed E-state index contributed by atoms with van der Waals surface area (Å²) in [6.07, 6.45) is 8.45. The second-order valence-electron chi connectivity index (χ2n) is 9.40. The van der Waals surface area contributed by atoms with Crippen LogP contribution < -0.4 is 5.32 Å². The van der Waals surface area contributed by atoms with Gasteiger partial charge in [-0.25, -0.2) is 0 Å². The van der Waals surface area contributed by atoms with E-state index in [1.165, 1.54) is 43.4 Å². The van der Waals surface area contributed by atoms with E-state index in [-0.39, 0.29) is 5.91 Å². The first-order valence-electron chi connectivity index (χ1n) is 11.6. The fourth-order valence-electron chi connectivity index (χ4n) is 5.12. The maximum Gasteiger partial charge on any atom is 0.251 e. The molecule has 1 aromatic carbocycles. The fraction of sp³-hybridized carbons (Fsp3) is 0.538. The van der Waals surface area contributed by atoms with E-state index in [1.807, 2.05) is 31.3 Å². The summed E-state index contributed by atoms with van der Waals surface area (Å²) in [7, 11) is 0. The van der Waals surface area contributed by atoms with Crippen LogP contribution >= 0.6 is 0 Å². The van der Waals surface area contributed by atoms with E-state index < -0.39 is 0 Å². The average molecular weight is 406 g/mol. The van der Waals surface area contributed by atoms with Gasteiger partial charge in [0.15, 0.2) is 0 Å². The molecule has 1 aliphatic heterocycles. The molecule has 1 amide bonds. The number of nitrogens with one attached hydrogen (secondary N) is 1. The molecule has 0 saturated heterocycles. The normalized spacial score (nSPS) is 23.9. The molecule has 2 heterocycles. The Morgan fingerprint density at radius 1 is 1.17 bits per heavy atom. The molecule has 0 radical (unpaired) electrons. The Hall–Kier alpha value is -2.20. The summed E-state index contributed by atoms with van der Waals surface area (Å²) >= 11 is 0. The molecule has 1 aromatic heterocycles. The van der Waals surface area contributed by atoms with Gasteiger partial charge < -0.3 is 5.32 Å². The molecule has 160 valence electrons. The topological polar surface area (TPSA) is 45.2 Å². The number of rotatable bonds is 6. The third-order valence-electron chi connectivity index (χ3n) is 7.00. The van der Waals surface area contributed by atoms with Crippen molar-refractivity contribution in [2.45, 2.75) is 72.0 Å². The third kappa shape index (κ3) is 4.75. The molecule has 30 heavy (non-hydrogen) atoms. The zero-order chi connectivity index (χ0) is 21.1. The maximum absolute atomic E-state index is 12.7. The molecule has 2 aromatic rings. The lowest BCUT2D eigenvalue weighted by Crippen LogP contribution is -2.30. The van der Waals surface area contributed by atoms with Crippen molar-refractivity contribution in [3.05, 3.63) is 64.5 Å². The van der Waals surface area contributed by atoms with E-state index in [0.29, 0.717) is 12.6 Å². The van der Waals surface area contributed by atoms with Gasteiger partial charge in [0.25, 0.3) is 5.91 Å². The third-order valence-corrected chi connectivity index (χ3v) is 7.00. The minimum atomic E-state index is -0.0204. The van der Waals surface area contributed by atoms with Crippen molar-refractivity contribution in [3.63, 3.8) is 0 Å². The van der Waals surface area contributed by atoms with E-state index in [2.05, 4.69) is 41.2 Å². The van der Waals surface area contributed by atoms with Crippen molar-refractivity contribution in [1.29, 1.82) is 0 Å². The van der Waals surface area contributed by atoms with Gasteiger partial charge >= 0.3 is 0 Å². The van der Waals surface area contributed by atoms with Crippen molar-refractivity contribution in [2.24, 2.45) is 11.8 Å². The van der Waals surface area contributed by atoms with Gasteiger partial charge in [-0.2, -0.15) is 0 Å². The van der Waals surface area contributed by atoms with Crippen molar-refractivity contribution in [2.75, 3.05) is 6.54 Å². The van der Waals surface area contributed by atoms with Crippen LogP contribution in [0, 0.1) is 18.8 Å². The molecule has 4 rings (SSSR count). The van der Waals surface area contributed by atoms with Gasteiger partial charge in [-0.15, -0.1) is 0 Å². The number of aromatic nitrogens is 1. The van der Waals surface area contributed by atoms with Gasteiger partial charge in [0.1, 0.15) is 0 Å². The summed E-state index contributed by atoms with van der Waals surface area (Å²) in [6, 6.07) is 10.8. The first kappa shape index (κ1) is 21.0. The summed E-state index contributed by atoms with van der Waals surface area (Å²) < 4.78 is 0. The molecule has 0 spiro atoms. The summed E-state index contributed by atoms with van der Waals surface area (Å²) in [6.45, 7) is 9.31. The maximum atomic E-state index is 12.7. The smallest absolute Gasteiger partial charge is 0.251 e. The Kier molecular flexibility index (Phi) is 6.52. The highest BCUT2D eigenvalue weighted by molar-refractivity contribution is 5.94. The van der Waals surface area contributed by atoms with Gasteiger partial charge in [-0.3, -0.25) is 14.7 Å². The van der Waals surface area contributed by atoms with Crippen LogP contribution in [0.1, 0.15) is 84.7 Å². The SMILES string of the molecule is CC[C@H]1c2ccc(C(=O)NCc3ccc(C)cn3)cc2CN1C[C@H]1CC[C@H](C)CC1. The van der Waals surface area contributed by atoms with E-state index in [0.717, 1.165) is 41.6 Å². The number of hydrogen-bond donors (Lipinski definition) is 1. The Bertz CT molecular complexity index is 868. The molecule has 4 nitrogen and oxygen atoms in total. The Morgan fingerprint density at radius 2 is 1.97 bits per heavy atom. The zero-order valence-electron chi connectivity index (χ0n) is 18.7. The van der Waals surface area contributed by atoms with Crippen molar-refractivity contribution in [1.82, 2.24) is 15.2 Å². The Balaban J connectivity index is 1.40. The first-order chi connectivity index (χ1) is 14.5. The molecule has 0 unspecified atom stereocenters. The van der Waals surface area contributed by atoms with Crippen LogP contribution in [-0.2, 0) is 13.1 Å². The summed E-state index contributed by atoms with van der Waals surface area (Å²) in [5, 5.41) is 3.02. The molecular formula is C26H35N3O. The largest absolute Gasteiger partial charge is 0.346 e. The Labute approximate surface area is 181 Å². The number of nitrogens with zero attached hydrogens (tertiary/aromatic N) is 2. The highest BCUT2D eigenvalue weighted by Crippen LogP contribution is 2.39. The summed E-state index contributed by atoms with van der Waals surface area (Å²) in [4.78, 5) is 19.7. The van der Waals surface area contributed by atoms with Gasteiger partial charge in [0.2, 0.25) is 0 Å². The number of aryl methyl sites for hydroxylation is 1. The number of carbonyl (C=O) groups excluding carboxylic acids is 1. The molecule has 1 saturated carbocycles. The van der Waals surface area contributed by atoms with Gasteiger partial charge in [0.05, 0.1) is 12.2 Å². The van der Waals surface area contributed by atoms with Crippen LogP contribution in [0.2, 0.25) is 0 Å². The van der Waals surface area contributed by atoms with E-state index >= 15 is 0 Å². The lowest BCUT2D eigenvalue weighted by molar-refractivity contribution is 0.0950. The van der Waals surface area contributed by atoms with Crippen LogP contribution in [-0.4, -0.2) is 22.3 Å². The highest BCUT2D eigenvalue weighted by Gasteiger charge is 2.31. The average Bonchev–Trinajstić information content (AvgIpc) is 3.10. The zero-order valence-corrected chi connectivity index (χ0v) is 18.7. The molecular weight excluding hydrogens is 370 g/mol. The minimum absolute atomic E-state index is 0.0204. The lowest BCUT2D eigenvalue weighted by atomic mass is 9.82. The first-order valence-corrected chi connectivity index (χ1v) is 11.6. The van der Waals surface area contributed by atoms with Crippen molar-refractivity contribution >= 4 is 5.91 Å². The predicted octanol–water partition coefficient (Wildman–Crippen LogP) is 5.41. The number of pyridine rings is 1. The van der Waals surface area contributed by atoms with Gasteiger partial charge in [0, 0.05) is 30.9 Å². The quantitative estimate of drug-likeness (QED) is 0.699. The van der Waals surface area contributed by atoms with Crippen molar-refractivity contribution < 1.29 is 4.79 Å². The second-order valence-corrected chi connectivity index (χ2v) is 9.40. The predicted molar refractivity (Wildman–Crippen MR) is 121 cm³/mol. The molecule has 1 N–H and O–H groups in total. The van der Waals surface area contributed by atoms with E-state index in [1.54, 1.807) is 0 Å². The van der Waals surface area contributed by atoms with Crippen LogP contribution in [0.3, 0.4) is 0 Å². The van der Waals surface area contributed by atoms with Gasteiger partial charge in [-0.1, -0.05) is 38.8 Å². The molecule has 1 atom stereocenters. The molecule has 1 aliphatic carbocycles. The van der Waals surface area contributed by atoms with Crippen LogP contribution in [0.25, 0.3) is 0 Å². The van der Waals surface area contributed by atoms with Crippen molar-refractivity contribution in [3.8, 4) is 0 Å². The minimum Gasteiger partial charge on any atom is -0.346 e. The standard InChI is InChI=1S/C26H35N3O/c1-4-25-24-12-10-21(26(30)28-15-23-11-7-19(3)14-27-23)13-22(24)17-29(25)16-20-8-5-18(2)6-9-20/h7,10-14,18,20,25H,4-6,8-9,15-17H2,1-3H3,(H,28,30)/t18-,20-,25-/m0/s1. The van der Waals surface area contributed by atoms with E-state index in [4.69, 9.17) is 0 Å². The van der Waals surface area contributed by atoms with Gasteiger partial charge in [-0.05, 0) is 72.9 Å². The summed E-state index contributed by atoms with van der Waals surface area (Å²) in [5.74, 6) is 1.71. The number of fused-ring (bicyclic) bond motifs is 1. The number of carbonyl (C=O) groups is 1. The number of hydrogen-bond acceptors (Lipinski definition) is 3. The van der Waals surface area contributed by atoms with Crippen LogP contribution in [0.5, 0.6) is 0 Å². The highest BCUT2D eigenvalue weighted by atomic mass is 16.1. The molecule has 0 bridgehead atoms. The Morgan fingerprint density at radius 3 is 2.67 bits per heavy atom. The van der Waals surface area contributed by atoms with Crippen LogP contribution in [0.15, 0.2) is 36.5 Å². The monoisotopic (exact) mass is 405 g/mol. The van der Waals surface area contributed by atoms with E-state index in [9.17, 15) is 4.79 Å². The molecule has 1 fully saturated rings. The van der Waals surface area contributed by atoms with Crippen LogP contribution in [0.4, 0.5) is 0 Å². The number of benzene rings is 1.